The van der Waals surface area contributed by atoms with Gasteiger partial charge in [0.15, 0.2) is 0 Å². The summed E-state index contributed by atoms with van der Waals surface area (Å²) < 4.78 is 19.2. The zero-order chi connectivity index (χ0) is 31.3. The van der Waals surface area contributed by atoms with E-state index in [4.69, 9.17) is 4.74 Å². The molecule has 9 heteroatoms. The lowest BCUT2D eigenvalue weighted by molar-refractivity contribution is -0.125. The molecule has 2 saturated heterocycles. The Labute approximate surface area is 260 Å². The number of ether oxygens (including phenoxy) is 1. The summed E-state index contributed by atoms with van der Waals surface area (Å²) >= 11 is 0. The first kappa shape index (κ1) is 29.9. The van der Waals surface area contributed by atoms with Crippen LogP contribution in [0.3, 0.4) is 0 Å². The van der Waals surface area contributed by atoms with Crippen molar-refractivity contribution in [2.75, 3.05) is 13.2 Å². The molecule has 2 aliphatic heterocycles. The number of halogens is 1. The number of hydrogen-bond donors (Lipinski definition) is 4. The van der Waals surface area contributed by atoms with Gasteiger partial charge in [0.2, 0.25) is 11.8 Å². The Balaban J connectivity index is 1.24. The molecule has 6 rings (SSSR count). The van der Waals surface area contributed by atoms with Crippen LogP contribution in [0.5, 0.6) is 0 Å². The van der Waals surface area contributed by atoms with Crippen molar-refractivity contribution in [1.82, 2.24) is 20.9 Å². The largest absolute Gasteiger partial charge is 0.494 e. The summed E-state index contributed by atoms with van der Waals surface area (Å²) in [7, 11) is 0. The third-order valence-electron chi connectivity index (χ3n) is 8.42. The number of aromatic nitrogens is 1. The van der Waals surface area contributed by atoms with E-state index < -0.39 is 29.7 Å². The van der Waals surface area contributed by atoms with Gasteiger partial charge in [0.05, 0.1) is 6.61 Å². The molecular weight excluding hydrogens is 571 g/mol. The number of nitrogens with one attached hydrogen (secondary N) is 4. The van der Waals surface area contributed by atoms with Crippen LogP contribution in [0.25, 0.3) is 22.0 Å². The van der Waals surface area contributed by atoms with E-state index >= 15 is 0 Å². The molecular formula is C36H35FN4O4. The molecule has 230 valence electrons. The van der Waals surface area contributed by atoms with Crippen molar-refractivity contribution >= 4 is 28.5 Å². The van der Waals surface area contributed by atoms with E-state index in [0.29, 0.717) is 49.4 Å². The third kappa shape index (κ3) is 6.98. The van der Waals surface area contributed by atoms with Crippen LogP contribution in [-0.4, -0.2) is 47.9 Å². The van der Waals surface area contributed by atoms with E-state index in [1.165, 1.54) is 12.1 Å². The monoisotopic (exact) mass is 606 g/mol. The van der Waals surface area contributed by atoms with Gasteiger partial charge in [-0.3, -0.25) is 14.4 Å². The highest BCUT2D eigenvalue weighted by Crippen LogP contribution is 2.28. The molecule has 0 spiro atoms. The van der Waals surface area contributed by atoms with Gasteiger partial charge >= 0.3 is 0 Å². The van der Waals surface area contributed by atoms with Crippen molar-refractivity contribution in [2.45, 2.75) is 37.8 Å². The van der Waals surface area contributed by atoms with E-state index in [0.717, 1.165) is 27.6 Å². The fraction of sp³-hybridized carbons (Fsp3) is 0.250. The minimum atomic E-state index is -0.978. The normalized spacial score (nSPS) is 18.4. The van der Waals surface area contributed by atoms with Gasteiger partial charge in [-0.2, -0.15) is 0 Å². The molecule has 0 bridgehead atoms. The zero-order valence-corrected chi connectivity index (χ0v) is 24.8. The third-order valence-corrected chi connectivity index (χ3v) is 8.42. The Kier molecular flexibility index (Phi) is 8.77. The van der Waals surface area contributed by atoms with Crippen molar-refractivity contribution in [1.29, 1.82) is 0 Å². The highest BCUT2D eigenvalue weighted by Gasteiger charge is 2.30. The lowest BCUT2D eigenvalue weighted by Gasteiger charge is -2.24. The van der Waals surface area contributed by atoms with Crippen LogP contribution < -0.4 is 16.0 Å². The molecule has 2 aliphatic rings. The summed E-state index contributed by atoms with van der Waals surface area (Å²) in [5, 5.41) is 10.9. The predicted molar refractivity (Wildman–Crippen MR) is 171 cm³/mol. The van der Waals surface area contributed by atoms with Crippen LogP contribution >= 0.6 is 0 Å². The topological polar surface area (TPSA) is 112 Å². The van der Waals surface area contributed by atoms with Crippen LogP contribution in [0.1, 0.15) is 35.3 Å². The van der Waals surface area contributed by atoms with Crippen molar-refractivity contribution in [3.05, 3.63) is 120 Å². The second-order valence-corrected chi connectivity index (χ2v) is 11.5. The van der Waals surface area contributed by atoms with Gasteiger partial charge in [0, 0.05) is 42.6 Å². The Bertz CT molecular complexity index is 1770. The minimum Gasteiger partial charge on any atom is -0.494 e. The van der Waals surface area contributed by atoms with Crippen molar-refractivity contribution in [3.63, 3.8) is 0 Å². The second kappa shape index (κ2) is 13.2. The zero-order valence-electron chi connectivity index (χ0n) is 24.8. The Morgan fingerprint density at radius 1 is 1.02 bits per heavy atom. The molecule has 2 fully saturated rings. The number of rotatable bonds is 10. The maximum Gasteiger partial charge on any atom is 0.268 e. The van der Waals surface area contributed by atoms with E-state index in [2.05, 4.69) is 27.5 Å². The molecule has 0 unspecified atom stereocenters. The molecule has 3 aromatic carbocycles. The fourth-order valence-electron chi connectivity index (χ4n) is 6.01. The SMILES string of the molecule is C=C1OCC/C1=C\[C@H](C[C@@H]1CCNC1=O)NC(=O)[C@H](Cc1ccc(F)cc1)NC(=O)c1ccc(-c2cccc3ccccc23)[nH]1. The number of aromatic amines is 1. The average Bonchev–Trinajstić information content (AvgIpc) is 3.80. The number of fused-ring (bicyclic) bond motifs is 1. The molecule has 45 heavy (non-hydrogen) atoms. The van der Waals surface area contributed by atoms with Gasteiger partial charge in [-0.15, -0.1) is 0 Å². The van der Waals surface area contributed by atoms with Crippen LogP contribution in [0.4, 0.5) is 4.39 Å². The maximum absolute atomic E-state index is 13.9. The van der Waals surface area contributed by atoms with Gasteiger partial charge in [-0.1, -0.05) is 67.3 Å². The number of hydrogen-bond acceptors (Lipinski definition) is 4. The number of H-pyrrole nitrogens is 1. The number of allylic oxidation sites excluding steroid dienone is 1. The Morgan fingerprint density at radius 2 is 1.82 bits per heavy atom. The van der Waals surface area contributed by atoms with Gasteiger partial charge in [-0.05, 0) is 59.0 Å². The van der Waals surface area contributed by atoms with E-state index in [-0.39, 0.29) is 18.2 Å². The van der Waals surface area contributed by atoms with Crippen LogP contribution in [0.15, 0.2) is 103 Å². The molecule has 0 saturated carbocycles. The van der Waals surface area contributed by atoms with Crippen LogP contribution in [0, 0.1) is 11.7 Å². The van der Waals surface area contributed by atoms with E-state index in [1.54, 1.807) is 18.2 Å². The number of amides is 3. The average molecular weight is 607 g/mol. The van der Waals surface area contributed by atoms with Gasteiger partial charge < -0.3 is 25.7 Å². The highest BCUT2D eigenvalue weighted by atomic mass is 19.1. The summed E-state index contributed by atoms with van der Waals surface area (Å²) in [5.74, 6) is -1.00. The number of benzene rings is 3. The Hall–Kier alpha value is -5.18. The lowest BCUT2D eigenvalue weighted by atomic mass is 9.95. The second-order valence-electron chi connectivity index (χ2n) is 11.5. The minimum absolute atomic E-state index is 0.0425. The molecule has 8 nitrogen and oxygen atoms in total. The summed E-state index contributed by atoms with van der Waals surface area (Å²) in [6.45, 7) is 5.06. The first-order valence-corrected chi connectivity index (χ1v) is 15.2. The van der Waals surface area contributed by atoms with Crippen LogP contribution in [0.2, 0.25) is 0 Å². The maximum atomic E-state index is 13.9. The molecule has 4 aromatic rings. The van der Waals surface area contributed by atoms with Crippen molar-refractivity contribution in [3.8, 4) is 11.3 Å². The summed E-state index contributed by atoms with van der Waals surface area (Å²) in [5.41, 5.74) is 3.59. The Morgan fingerprint density at radius 3 is 2.58 bits per heavy atom. The number of carbonyl (C=O) groups excluding carboxylic acids is 3. The smallest absolute Gasteiger partial charge is 0.268 e. The molecule has 3 heterocycles. The molecule has 3 amide bonds. The first-order chi connectivity index (χ1) is 21.8. The standard InChI is InChI=1S/C36H35FN4O4/c1-22-25(16-18-45-22)20-28(21-26-15-17-38-34(26)42)39-36(44)33(19-23-9-11-27(37)12-10-23)41-35(43)32-14-13-31(40-32)30-8-4-6-24-5-2-3-7-29(24)30/h2-14,20,26,28,33,40H,1,15-19,21H2,(H,38,42)(H,39,44)(H,41,43)/b25-20+/t26-,28+,33-/m0/s1. The van der Waals surface area contributed by atoms with Gasteiger partial charge in [0.1, 0.15) is 23.3 Å². The lowest BCUT2D eigenvalue weighted by Crippen LogP contribution is -2.51. The molecule has 4 N–H and O–H groups in total. The van der Waals surface area contributed by atoms with E-state index in [1.807, 2.05) is 54.6 Å². The molecule has 1 aromatic heterocycles. The van der Waals surface area contributed by atoms with Crippen molar-refractivity contribution in [2.24, 2.45) is 5.92 Å². The quantitative estimate of drug-likeness (QED) is 0.199. The molecule has 0 radical (unpaired) electrons. The molecule has 3 atom stereocenters. The summed E-state index contributed by atoms with van der Waals surface area (Å²) in [6, 6.07) is 21.9. The number of carbonyl (C=O) groups is 3. The van der Waals surface area contributed by atoms with Gasteiger partial charge in [0.25, 0.3) is 5.91 Å². The summed E-state index contributed by atoms with van der Waals surface area (Å²) in [4.78, 5) is 43.1. The highest BCUT2D eigenvalue weighted by molar-refractivity contribution is 5.99. The first-order valence-electron chi connectivity index (χ1n) is 15.2. The fourth-order valence-corrected chi connectivity index (χ4v) is 6.01. The van der Waals surface area contributed by atoms with Gasteiger partial charge in [-0.25, -0.2) is 4.39 Å². The molecule has 0 aliphatic carbocycles. The predicted octanol–water partition coefficient (Wildman–Crippen LogP) is 5.19. The summed E-state index contributed by atoms with van der Waals surface area (Å²) in [6.07, 6.45) is 3.77. The van der Waals surface area contributed by atoms with Crippen LogP contribution in [-0.2, 0) is 20.7 Å². The van der Waals surface area contributed by atoms with E-state index in [9.17, 15) is 18.8 Å². The van der Waals surface area contributed by atoms with Crippen molar-refractivity contribution < 1.29 is 23.5 Å².